The Balaban J connectivity index is 1.93. The molecule has 2 N–H and O–H groups in total. The minimum absolute atomic E-state index is 0.00217. The van der Waals surface area contributed by atoms with Crippen molar-refractivity contribution >= 4 is 17.5 Å². The lowest BCUT2D eigenvalue weighted by atomic mass is 10.1. The second-order valence-electron chi connectivity index (χ2n) is 7.03. The Morgan fingerprint density at radius 1 is 1.07 bits per heavy atom. The molecule has 0 saturated heterocycles. The lowest BCUT2D eigenvalue weighted by Gasteiger charge is -2.22. The fourth-order valence-corrected chi connectivity index (χ4v) is 3.06. The van der Waals surface area contributed by atoms with Crippen LogP contribution < -0.4 is 10.6 Å². The zero-order valence-electron chi connectivity index (χ0n) is 17.0. The first-order chi connectivity index (χ1) is 13.8. The third-order valence-electron chi connectivity index (χ3n) is 4.50. The summed E-state index contributed by atoms with van der Waals surface area (Å²) in [5.74, 6) is -1.92. The number of halogens is 2. The van der Waals surface area contributed by atoms with Crippen LogP contribution in [0.5, 0.6) is 0 Å². The summed E-state index contributed by atoms with van der Waals surface area (Å²) in [6.07, 6.45) is 0.771. The van der Waals surface area contributed by atoms with Crippen molar-refractivity contribution in [2.45, 2.75) is 33.2 Å². The van der Waals surface area contributed by atoms with E-state index in [2.05, 4.69) is 10.6 Å². The molecule has 2 aromatic rings. The van der Waals surface area contributed by atoms with Gasteiger partial charge < -0.3 is 10.6 Å². The van der Waals surface area contributed by atoms with Gasteiger partial charge in [-0.2, -0.15) is 0 Å². The average Bonchev–Trinajstić information content (AvgIpc) is 2.63. The molecule has 5 nitrogen and oxygen atoms in total. The molecule has 1 atom stereocenters. The number of hydrogen-bond donors (Lipinski definition) is 2. The molecule has 0 aliphatic heterocycles. The SMILES string of the molecule is CCCN(CC(=O)Nc1ccccc1C)CC(=O)N[C@H](C)c1ccc(F)cc1F. The van der Waals surface area contributed by atoms with Gasteiger partial charge in [-0.15, -0.1) is 0 Å². The maximum atomic E-state index is 13.9. The Morgan fingerprint density at radius 2 is 1.76 bits per heavy atom. The summed E-state index contributed by atoms with van der Waals surface area (Å²) >= 11 is 0. The number of carbonyl (C=O) groups excluding carboxylic acids is 2. The normalized spacial score (nSPS) is 11.9. The molecule has 0 aliphatic rings. The molecule has 0 unspecified atom stereocenters. The molecule has 0 spiro atoms. The van der Waals surface area contributed by atoms with Crippen molar-refractivity contribution in [3.63, 3.8) is 0 Å². The molecule has 0 aromatic heterocycles. The number of rotatable bonds is 9. The van der Waals surface area contributed by atoms with Gasteiger partial charge in [0, 0.05) is 17.3 Å². The first kappa shape index (κ1) is 22.5. The first-order valence-electron chi connectivity index (χ1n) is 9.62. The molecule has 2 aromatic carbocycles. The molecule has 2 amide bonds. The van der Waals surface area contributed by atoms with Crippen LogP contribution >= 0.6 is 0 Å². The summed E-state index contributed by atoms with van der Waals surface area (Å²) in [6, 6.07) is 10.1. The van der Waals surface area contributed by atoms with Gasteiger partial charge in [-0.1, -0.05) is 31.2 Å². The highest BCUT2D eigenvalue weighted by Gasteiger charge is 2.18. The third kappa shape index (κ3) is 6.94. The van der Waals surface area contributed by atoms with Crippen LogP contribution in [0.15, 0.2) is 42.5 Å². The van der Waals surface area contributed by atoms with E-state index < -0.39 is 17.7 Å². The first-order valence-corrected chi connectivity index (χ1v) is 9.62. The summed E-state index contributed by atoms with van der Waals surface area (Å²) in [7, 11) is 0. The summed E-state index contributed by atoms with van der Waals surface area (Å²) in [5.41, 5.74) is 1.90. The van der Waals surface area contributed by atoms with Gasteiger partial charge in [0.15, 0.2) is 0 Å². The summed E-state index contributed by atoms with van der Waals surface area (Å²) in [5, 5.41) is 5.56. The van der Waals surface area contributed by atoms with Gasteiger partial charge in [0.25, 0.3) is 0 Å². The van der Waals surface area contributed by atoms with E-state index in [4.69, 9.17) is 0 Å². The zero-order chi connectivity index (χ0) is 21.4. The second kappa shape index (κ2) is 10.7. The van der Waals surface area contributed by atoms with E-state index in [1.165, 1.54) is 6.07 Å². The van der Waals surface area contributed by atoms with Gasteiger partial charge in [0.05, 0.1) is 19.1 Å². The molecule has 2 rings (SSSR count). The molecule has 0 saturated carbocycles. The number of carbonyl (C=O) groups is 2. The molecule has 0 aliphatic carbocycles. The minimum Gasteiger partial charge on any atom is -0.348 e. The predicted molar refractivity (Wildman–Crippen MR) is 109 cm³/mol. The predicted octanol–water partition coefficient (Wildman–Crippen LogP) is 3.80. The van der Waals surface area contributed by atoms with Crippen molar-refractivity contribution < 1.29 is 18.4 Å². The number of amides is 2. The number of para-hydroxylation sites is 1. The summed E-state index contributed by atoms with van der Waals surface area (Å²) in [6.45, 7) is 6.12. The Hall–Kier alpha value is -2.80. The Bertz CT molecular complexity index is 858. The number of nitrogens with one attached hydrogen (secondary N) is 2. The topological polar surface area (TPSA) is 61.4 Å². The number of anilines is 1. The Morgan fingerprint density at radius 3 is 2.41 bits per heavy atom. The fourth-order valence-electron chi connectivity index (χ4n) is 3.06. The number of hydrogen-bond acceptors (Lipinski definition) is 3. The van der Waals surface area contributed by atoms with Crippen LogP contribution in [0.1, 0.15) is 37.4 Å². The molecule has 0 bridgehead atoms. The van der Waals surface area contributed by atoms with Gasteiger partial charge in [0.2, 0.25) is 11.8 Å². The number of nitrogens with zero attached hydrogens (tertiary/aromatic N) is 1. The van der Waals surface area contributed by atoms with Crippen molar-refractivity contribution in [2.24, 2.45) is 0 Å². The van der Waals surface area contributed by atoms with Gasteiger partial charge in [-0.05, 0) is 44.5 Å². The Kier molecular flexibility index (Phi) is 8.27. The lowest BCUT2D eigenvalue weighted by Crippen LogP contribution is -2.42. The second-order valence-corrected chi connectivity index (χ2v) is 7.03. The van der Waals surface area contributed by atoms with E-state index in [-0.39, 0.29) is 30.5 Å². The fraction of sp³-hybridized carbons (Fsp3) is 0.364. The van der Waals surface area contributed by atoms with Crippen molar-refractivity contribution in [1.82, 2.24) is 10.2 Å². The molecule has 0 heterocycles. The standard InChI is InChI=1S/C22H27F2N3O2/c1-4-11-27(14-22(29)26-20-8-6-5-7-15(20)2)13-21(28)25-16(3)18-10-9-17(23)12-19(18)24/h5-10,12,16H,4,11,13-14H2,1-3H3,(H,25,28)(H,26,29)/t16-/m1/s1. The number of benzene rings is 2. The molecule has 29 heavy (non-hydrogen) atoms. The number of aryl methyl sites for hydroxylation is 1. The molecular weight excluding hydrogens is 376 g/mol. The monoisotopic (exact) mass is 403 g/mol. The minimum atomic E-state index is -0.708. The maximum absolute atomic E-state index is 13.9. The largest absolute Gasteiger partial charge is 0.348 e. The van der Waals surface area contributed by atoms with Crippen LogP contribution in [-0.4, -0.2) is 36.3 Å². The smallest absolute Gasteiger partial charge is 0.238 e. The molecule has 0 radical (unpaired) electrons. The Labute approximate surface area is 170 Å². The van der Waals surface area contributed by atoms with Crippen LogP contribution in [-0.2, 0) is 9.59 Å². The lowest BCUT2D eigenvalue weighted by molar-refractivity contribution is -0.124. The van der Waals surface area contributed by atoms with Crippen molar-refractivity contribution in [3.8, 4) is 0 Å². The van der Waals surface area contributed by atoms with Crippen LogP contribution in [0.4, 0.5) is 14.5 Å². The summed E-state index contributed by atoms with van der Waals surface area (Å²) in [4.78, 5) is 26.5. The van der Waals surface area contributed by atoms with Crippen molar-refractivity contribution in [3.05, 3.63) is 65.2 Å². The average molecular weight is 403 g/mol. The molecule has 0 fully saturated rings. The van der Waals surface area contributed by atoms with Gasteiger partial charge in [-0.25, -0.2) is 8.78 Å². The van der Waals surface area contributed by atoms with E-state index in [0.29, 0.717) is 6.54 Å². The van der Waals surface area contributed by atoms with Gasteiger partial charge in [0.1, 0.15) is 11.6 Å². The highest BCUT2D eigenvalue weighted by atomic mass is 19.1. The van der Waals surface area contributed by atoms with Gasteiger partial charge >= 0.3 is 0 Å². The highest BCUT2D eigenvalue weighted by molar-refractivity contribution is 5.93. The van der Waals surface area contributed by atoms with E-state index in [0.717, 1.165) is 29.8 Å². The van der Waals surface area contributed by atoms with E-state index in [1.807, 2.05) is 38.1 Å². The van der Waals surface area contributed by atoms with Crippen LogP contribution in [0.25, 0.3) is 0 Å². The van der Waals surface area contributed by atoms with Crippen molar-refractivity contribution in [2.75, 3.05) is 25.0 Å². The summed E-state index contributed by atoms with van der Waals surface area (Å²) < 4.78 is 27.0. The third-order valence-corrected chi connectivity index (χ3v) is 4.50. The van der Waals surface area contributed by atoms with E-state index in [9.17, 15) is 18.4 Å². The van der Waals surface area contributed by atoms with E-state index in [1.54, 1.807) is 11.8 Å². The van der Waals surface area contributed by atoms with Crippen LogP contribution in [0.3, 0.4) is 0 Å². The van der Waals surface area contributed by atoms with Gasteiger partial charge in [-0.3, -0.25) is 14.5 Å². The van der Waals surface area contributed by atoms with Crippen molar-refractivity contribution in [1.29, 1.82) is 0 Å². The molecular formula is C22H27F2N3O2. The van der Waals surface area contributed by atoms with Crippen LogP contribution in [0, 0.1) is 18.6 Å². The van der Waals surface area contributed by atoms with Crippen LogP contribution in [0.2, 0.25) is 0 Å². The quantitative estimate of drug-likeness (QED) is 0.670. The highest BCUT2D eigenvalue weighted by Crippen LogP contribution is 2.17. The molecule has 7 heteroatoms. The maximum Gasteiger partial charge on any atom is 0.238 e. The van der Waals surface area contributed by atoms with E-state index >= 15 is 0 Å². The zero-order valence-corrected chi connectivity index (χ0v) is 17.0. The molecule has 156 valence electrons.